The molecule has 2 heterocycles. The van der Waals surface area contributed by atoms with Crippen LogP contribution in [0.3, 0.4) is 0 Å². The Morgan fingerprint density at radius 2 is 2.22 bits per heavy atom. The fraction of sp³-hybridized carbons (Fsp3) is 0.632. The summed E-state index contributed by atoms with van der Waals surface area (Å²) < 4.78 is 0. The molecule has 0 saturated carbocycles. The van der Waals surface area contributed by atoms with Crippen molar-refractivity contribution in [3.8, 4) is 0 Å². The van der Waals surface area contributed by atoms with Gasteiger partial charge in [0.15, 0.2) is 5.96 Å². The summed E-state index contributed by atoms with van der Waals surface area (Å²) in [5.74, 6) is 3.22. The first-order chi connectivity index (χ1) is 12.5. The second-order valence-corrected chi connectivity index (χ2v) is 8.14. The molecule has 0 aromatic carbocycles. The summed E-state index contributed by atoms with van der Waals surface area (Å²) in [5, 5.41) is 6.83. The third-order valence-electron chi connectivity index (χ3n) is 4.23. The second-order valence-electron chi connectivity index (χ2n) is 6.80. The highest BCUT2D eigenvalue weighted by Gasteiger charge is 2.24. The van der Waals surface area contributed by atoms with Gasteiger partial charge in [0.05, 0.1) is 6.54 Å². The van der Waals surface area contributed by atoms with Crippen molar-refractivity contribution in [1.82, 2.24) is 15.2 Å². The number of anilines is 1. The molecule has 1 amide bonds. The molecule has 1 fully saturated rings. The molecule has 2 rings (SSSR count). The standard InChI is InChI=1S/C19H31N5OS.HI/c1-5-20-19(24-11-12-26-16(13-24)14(2)3)21-10-9-18(25)23-17-8-6-7-15(4)22-17;/h6-8,14,16H,5,9-13H2,1-4H3,(H,20,21)(H,22,23,25);1H. The molecule has 27 heavy (non-hydrogen) atoms. The Labute approximate surface area is 184 Å². The number of pyridine rings is 1. The molecule has 0 bridgehead atoms. The van der Waals surface area contributed by atoms with Crippen molar-refractivity contribution in [3.63, 3.8) is 0 Å². The number of amides is 1. The minimum atomic E-state index is -0.0584. The molecule has 0 radical (unpaired) electrons. The summed E-state index contributed by atoms with van der Waals surface area (Å²) in [4.78, 5) is 23.4. The lowest BCUT2D eigenvalue weighted by atomic mass is 10.1. The van der Waals surface area contributed by atoms with Crippen LogP contribution in [0.2, 0.25) is 0 Å². The average Bonchev–Trinajstić information content (AvgIpc) is 2.61. The molecule has 1 aliphatic heterocycles. The lowest BCUT2D eigenvalue weighted by Gasteiger charge is -2.36. The summed E-state index contributed by atoms with van der Waals surface area (Å²) >= 11 is 2.05. The lowest BCUT2D eigenvalue weighted by Crippen LogP contribution is -2.49. The smallest absolute Gasteiger partial charge is 0.227 e. The number of aryl methyl sites for hydroxylation is 1. The molecule has 2 N–H and O–H groups in total. The highest BCUT2D eigenvalue weighted by Crippen LogP contribution is 2.24. The molecular formula is C19H32IN5OS. The zero-order chi connectivity index (χ0) is 18.9. The van der Waals surface area contributed by atoms with E-state index in [1.807, 2.05) is 30.8 Å². The number of guanidine groups is 1. The first-order valence-electron chi connectivity index (χ1n) is 9.38. The molecule has 1 unspecified atom stereocenters. The van der Waals surface area contributed by atoms with Crippen molar-refractivity contribution in [1.29, 1.82) is 0 Å². The van der Waals surface area contributed by atoms with Gasteiger partial charge < -0.3 is 15.5 Å². The average molecular weight is 505 g/mol. The van der Waals surface area contributed by atoms with Gasteiger partial charge in [-0.2, -0.15) is 11.8 Å². The third kappa shape index (κ3) is 8.25. The van der Waals surface area contributed by atoms with Gasteiger partial charge in [0.1, 0.15) is 5.82 Å². The minimum absolute atomic E-state index is 0. The van der Waals surface area contributed by atoms with Crippen molar-refractivity contribution in [2.45, 2.75) is 39.4 Å². The van der Waals surface area contributed by atoms with Crippen molar-refractivity contribution >= 4 is 53.4 Å². The number of carbonyl (C=O) groups is 1. The van der Waals surface area contributed by atoms with Crippen LogP contribution in [0.4, 0.5) is 5.82 Å². The third-order valence-corrected chi connectivity index (χ3v) is 5.77. The topological polar surface area (TPSA) is 69.6 Å². The van der Waals surface area contributed by atoms with Crippen LogP contribution < -0.4 is 10.6 Å². The van der Waals surface area contributed by atoms with E-state index in [1.54, 1.807) is 6.07 Å². The largest absolute Gasteiger partial charge is 0.357 e. The summed E-state index contributed by atoms with van der Waals surface area (Å²) in [5.41, 5.74) is 0.887. The quantitative estimate of drug-likeness (QED) is 0.353. The van der Waals surface area contributed by atoms with Crippen LogP contribution in [0.25, 0.3) is 0 Å². The molecule has 0 aliphatic carbocycles. The molecule has 1 aliphatic rings. The highest BCUT2D eigenvalue weighted by atomic mass is 127. The molecule has 1 aromatic rings. The van der Waals surface area contributed by atoms with Crippen LogP contribution in [0, 0.1) is 12.8 Å². The van der Waals surface area contributed by atoms with Gasteiger partial charge in [0.2, 0.25) is 5.91 Å². The summed E-state index contributed by atoms with van der Waals surface area (Å²) in [7, 11) is 0. The SMILES string of the molecule is CCNC(=NCCC(=O)Nc1cccc(C)n1)N1CCSC(C(C)C)C1.I. The van der Waals surface area contributed by atoms with Gasteiger partial charge in [0, 0.05) is 42.8 Å². The maximum Gasteiger partial charge on any atom is 0.227 e. The Hall–Kier alpha value is -1.03. The van der Waals surface area contributed by atoms with Gasteiger partial charge >= 0.3 is 0 Å². The van der Waals surface area contributed by atoms with E-state index in [4.69, 9.17) is 0 Å². The predicted octanol–water partition coefficient (Wildman–Crippen LogP) is 3.38. The first-order valence-corrected chi connectivity index (χ1v) is 10.4. The van der Waals surface area contributed by atoms with E-state index in [9.17, 15) is 4.79 Å². The van der Waals surface area contributed by atoms with Gasteiger partial charge in [0.25, 0.3) is 0 Å². The van der Waals surface area contributed by atoms with Crippen LogP contribution in [-0.4, -0.2) is 58.9 Å². The first kappa shape index (κ1) is 24.0. The molecule has 8 heteroatoms. The zero-order valence-electron chi connectivity index (χ0n) is 16.7. The number of thioether (sulfide) groups is 1. The van der Waals surface area contributed by atoms with E-state index in [0.29, 0.717) is 30.0 Å². The molecule has 1 aromatic heterocycles. The number of hydrogen-bond donors (Lipinski definition) is 2. The zero-order valence-corrected chi connectivity index (χ0v) is 19.8. The Bertz CT molecular complexity index is 626. The normalized spacial score (nSPS) is 17.4. The monoisotopic (exact) mass is 505 g/mol. The molecule has 1 saturated heterocycles. The van der Waals surface area contributed by atoms with Crippen molar-refractivity contribution in [2.24, 2.45) is 10.9 Å². The summed E-state index contributed by atoms with van der Waals surface area (Å²) in [6, 6.07) is 5.60. The number of carbonyl (C=O) groups excluding carboxylic acids is 1. The maximum absolute atomic E-state index is 12.1. The van der Waals surface area contributed by atoms with Gasteiger partial charge in [-0.15, -0.1) is 24.0 Å². The van der Waals surface area contributed by atoms with Gasteiger partial charge in [-0.25, -0.2) is 4.98 Å². The molecule has 6 nitrogen and oxygen atoms in total. The number of aromatic nitrogens is 1. The van der Waals surface area contributed by atoms with Crippen LogP contribution in [0.1, 0.15) is 32.9 Å². The Morgan fingerprint density at radius 1 is 1.44 bits per heavy atom. The predicted molar refractivity (Wildman–Crippen MR) is 126 cm³/mol. The fourth-order valence-corrected chi connectivity index (χ4v) is 4.08. The summed E-state index contributed by atoms with van der Waals surface area (Å²) in [6.07, 6.45) is 0.348. The number of nitrogens with one attached hydrogen (secondary N) is 2. The minimum Gasteiger partial charge on any atom is -0.357 e. The van der Waals surface area contributed by atoms with E-state index in [1.165, 1.54) is 0 Å². The number of aliphatic imine (C=N–C) groups is 1. The van der Waals surface area contributed by atoms with Crippen molar-refractivity contribution in [3.05, 3.63) is 23.9 Å². The lowest BCUT2D eigenvalue weighted by molar-refractivity contribution is -0.116. The Morgan fingerprint density at radius 3 is 2.89 bits per heavy atom. The number of rotatable bonds is 6. The number of nitrogens with zero attached hydrogens (tertiary/aromatic N) is 3. The molecule has 0 spiro atoms. The molecular weight excluding hydrogens is 473 g/mol. The van der Waals surface area contributed by atoms with E-state index in [2.05, 4.69) is 46.3 Å². The van der Waals surface area contributed by atoms with Crippen LogP contribution >= 0.6 is 35.7 Å². The van der Waals surface area contributed by atoms with E-state index < -0.39 is 0 Å². The van der Waals surface area contributed by atoms with Crippen LogP contribution in [-0.2, 0) is 4.79 Å². The number of hydrogen-bond acceptors (Lipinski definition) is 4. The van der Waals surface area contributed by atoms with Crippen molar-refractivity contribution < 1.29 is 4.79 Å². The number of halogens is 1. The van der Waals surface area contributed by atoms with E-state index in [-0.39, 0.29) is 29.9 Å². The van der Waals surface area contributed by atoms with E-state index >= 15 is 0 Å². The summed E-state index contributed by atoms with van der Waals surface area (Å²) in [6.45, 7) is 11.8. The molecule has 152 valence electrons. The van der Waals surface area contributed by atoms with Crippen LogP contribution in [0.15, 0.2) is 23.2 Å². The van der Waals surface area contributed by atoms with E-state index in [0.717, 1.165) is 37.0 Å². The highest BCUT2D eigenvalue weighted by molar-refractivity contribution is 14.0. The Kier molecular flexibility index (Phi) is 11.1. The molecule has 1 atom stereocenters. The van der Waals surface area contributed by atoms with Gasteiger partial charge in [-0.3, -0.25) is 9.79 Å². The second kappa shape index (κ2) is 12.4. The van der Waals surface area contributed by atoms with Gasteiger partial charge in [-0.1, -0.05) is 19.9 Å². The van der Waals surface area contributed by atoms with Crippen LogP contribution in [0.5, 0.6) is 0 Å². The Balaban J connectivity index is 0.00000364. The maximum atomic E-state index is 12.1. The fourth-order valence-electron chi connectivity index (χ4n) is 2.78. The van der Waals surface area contributed by atoms with Crippen molar-refractivity contribution in [2.75, 3.05) is 37.2 Å². The van der Waals surface area contributed by atoms with Gasteiger partial charge in [-0.05, 0) is 31.9 Å².